The van der Waals surface area contributed by atoms with Crippen molar-refractivity contribution in [3.63, 3.8) is 0 Å². The summed E-state index contributed by atoms with van der Waals surface area (Å²) in [6.45, 7) is 3.95. The summed E-state index contributed by atoms with van der Waals surface area (Å²) in [6.07, 6.45) is 0. The highest BCUT2D eigenvalue weighted by atomic mass is 35.5. The monoisotopic (exact) mass is 219 g/mol. The van der Waals surface area contributed by atoms with Crippen LogP contribution in [-0.2, 0) is 5.88 Å². The van der Waals surface area contributed by atoms with Crippen LogP contribution in [0.3, 0.4) is 0 Å². The van der Waals surface area contributed by atoms with Gasteiger partial charge in [-0.2, -0.15) is 0 Å². The number of nitrogens with zero attached hydrogens (tertiary/aromatic N) is 1. The highest BCUT2D eigenvalue weighted by molar-refractivity contribution is 7.13. The van der Waals surface area contributed by atoms with E-state index in [2.05, 4.69) is 4.98 Å². The van der Waals surface area contributed by atoms with Crippen molar-refractivity contribution in [2.45, 2.75) is 25.6 Å². The molecule has 1 heterocycles. The van der Waals surface area contributed by atoms with Crippen molar-refractivity contribution in [3.05, 3.63) is 15.6 Å². The molecule has 0 atom stereocenters. The lowest BCUT2D eigenvalue weighted by Gasteiger charge is -1.94. The fourth-order valence-corrected chi connectivity index (χ4v) is 2.07. The number of thiazole rings is 1. The maximum atomic E-state index is 10.7. The number of halogens is 1. The SMILES string of the molecule is CC(C)c1nc(CCl)c(C(=O)O)s1. The molecule has 1 aromatic rings. The van der Waals surface area contributed by atoms with Crippen molar-refractivity contribution >= 4 is 28.9 Å². The van der Waals surface area contributed by atoms with E-state index < -0.39 is 5.97 Å². The average molecular weight is 220 g/mol. The van der Waals surface area contributed by atoms with E-state index in [1.165, 1.54) is 11.3 Å². The summed E-state index contributed by atoms with van der Waals surface area (Å²) in [4.78, 5) is 15.1. The second-order valence-corrected chi connectivity index (χ2v) is 4.22. The van der Waals surface area contributed by atoms with Crippen molar-refractivity contribution in [1.82, 2.24) is 4.98 Å². The molecule has 0 spiro atoms. The Balaban J connectivity index is 3.11. The van der Waals surface area contributed by atoms with Gasteiger partial charge >= 0.3 is 5.97 Å². The molecule has 72 valence electrons. The number of hydrogen-bond donors (Lipinski definition) is 1. The number of alkyl halides is 1. The van der Waals surface area contributed by atoms with Crippen LogP contribution in [0.25, 0.3) is 0 Å². The van der Waals surface area contributed by atoms with Gasteiger partial charge in [-0.25, -0.2) is 9.78 Å². The van der Waals surface area contributed by atoms with Gasteiger partial charge < -0.3 is 5.11 Å². The molecule has 0 aliphatic rings. The van der Waals surface area contributed by atoms with Crippen LogP contribution < -0.4 is 0 Å². The molecule has 0 unspecified atom stereocenters. The molecule has 0 amide bonds. The van der Waals surface area contributed by atoms with Crippen LogP contribution in [0, 0.1) is 0 Å². The zero-order valence-electron chi connectivity index (χ0n) is 7.37. The number of aromatic nitrogens is 1. The van der Waals surface area contributed by atoms with Crippen molar-refractivity contribution < 1.29 is 9.90 Å². The van der Waals surface area contributed by atoms with E-state index in [1.807, 2.05) is 13.8 Å². The Hall–Kier alpha value is -0.610. The number of aromatic carboxylic acids is 1. The van der Waals surface area contributed by atoms with E-state index in [0.717, 1.165) is 5.01 Å². The van der Waals surface area contributed by atoms with Crippen LogP contribution in [0.5, 0.6) is 0 Å². The molecule has 5 heteroatoms. The van der Waals surface area contributed by atoms with Crippen LogP contribution in [0.1, 0.15) is 40.1 Å². The van der Waals surface area contributed by atoms with Crippen LogP contribution in [-0.4, -0.2) is 16.1 Å². The summed E-state index contributed by atoms with van der Waals surface area (Å²) in [5, 5.41) is 9.63. The van der Waals surface area contributed by atoms with Crippen molar-refractivity contribution in [1.29, 1.82) is 0 Å². The van der Waals surface area contributed by atoms with Crippen LogP contribution in [0.15, 0.2) is 0 Å². The first-order valence-corrected chi connectivity index (χ1v) is 5.20. The van der Waals surface area contributed by atoms with Gasteiger partial charge in [0.1, 0.15) is 4.88 Å². The third-order valence-electron chi connectivity index (χ3n) is 1.53. The summed E-state index contributed by atoms with van der Waals surface area (Å²) in [5.74, 6) is -0.537. The molecule has 0 aliphatic heterocycles. The van der Waals surface area contributed by atoms with Gasteiger partial charge in [0.25, 0.3) is 0 Å². The Bertz CT molecular complexity index is 322. The number of rotatable bonds is 3. The van der Waals surface area contributed by atoms with E-state index in [9.17, 15) is 4.79 Å². The minimum Gasteiger partial charge on any atom is -0.477 e. The summed E-state index contributed by atoms with van der Waals surface area (Å²) >= 11 is 6.78. The lowest BCUT2D eigenvalue weighted by molar-refractivity contribution is 0.0701. The molecular weight excluding hydrogens is 210 g/mol. The summed E-state index contributed by atoms with van der Waals surface area (Å²) in [6, 6.07) is 0. The summed E-state index contributed by atoms with van der Waals surface area (Å²) in [5.41, 5.74) is 0.475. The van der Waals surface area contributed by atoms with E-state index >= 15 is 0 Å². The molecule has 0 saturated heterocycles. The normalized spacial score (nSPS) is 10.8. The molecule has 3 nitrogen and oxygen atoms in total. The third-order valence-corrected chi connectivity index (χ3v) is 3.17. The van der Waals surface area contributed by atoms with Gasteiger partial charge in [-0.3, -0.25) is 0 Å². The summed E-state index contributed by atoms with van der Waals surface area (Å²) in [7, 11) is 0. The minimum absolute atomic E-state index is 0.158. The van der Waals surface area contributed by atoms with Crippen LogP contribution in [0.2, 0.25) is 0 Å². The van der Waals surface area contributed by atoms with Gasteiger partial charge in [0.15, 0.2) is 0 Å². The van der Waals surface area contributed by atoms with Gasteiger partial charge in [-0.1, -0.05) is 13.8 Å². The highest BCUT2D eigenvalue weighted by Crippen LogP contribution is 2.25. The molecule has 13 heavy (non-hydrogen) atoms. The second-order valence-electron chi connectivity index (χ2n) is 2.92. The number of carboxylic acids is 1. The Morgan fingerprint density at radius 1 is 1.69 bits per heavy atom. The maximum absolute atomic E-state index is 10.7. The van der Waals surface area contributed by atoms with Crippen LogP contribution >= 0.6 is 22.9 Å². The Kier molecular flexibility index (Phi) is 3.27. The minimum atomic E-state index is -0.944. The topological polar surface area (TPSA) is 50.2 Å². The molecule has 0 aromatic carbocycles. The van der Waals surface area contributed by atoms with E-state index in [1.54, 1.807) is 0 Å². The smallest absolute Gasteiger partial charge is 0.347 e. The first kappa shape index (κ1) is 10.5. The van der Waals surface area contributed by atoms with Gasteiger partial charge in [-0.15, -0.1) is 22.9 Å². The average Bonchev–Trinajstić information content (AvgIpc) is 2.47. The zero-order chi connectivity index (χ0) is 10.0. The van der Waals surface area contributed by atoms with E-state index in [4.69, 9.17) is 16.7 Å². The van der Waals surface area contributed by atoms with Crippen LogP contribution in [0.4, 0.5) is 0 Å². The number of carboxylic acid groups (broad SMARTS) is 1. The second kappa shape index (κ2) is 4.07. The fourth-order valence-electron chi connectivity index (χ4n) is 0.875. The van der Waals surface area contributed by atoms with Crippen molar-refractivity contribution in [2.24, 2.45) is 0 Å². The standard InChI is InChI=1S/C8H10ClNO2S/c1-4(2)7-10-5(3-9)6(13-7)8(11)12/h4H,3H2,1-2H3,(H,11,12). The molecule has 0 bridgehead atoms. The molecule has 0 aliphatic carbocycles. The first-order chi connectivity index (χ1) is 6.06. The molecule has 0 fully saturated rings. The summed E-state index contributed by atoms with van der Waals surface area (Å²) < 4.78 is 0. The lowest BCUT2D eigenvalue weighted by atomic mass is 10.2. The van der Waals surface area contributed by atoms with Gasteiger partial charge in [0.2, 0.25) is 0 Å². The van der Waals surface area contributed by atoms with E-state index in [0.29, 0.717) is 5.69 Å². The third kappa shape index (κ3) is 2.19. The zero-order valence-corrected chi connectivity index (χ0v) is 8.95. The molecule has 0 radical (unpaired) electrons. The molecular formula is C8H10ClNO2S. The van der Waals surface area contributed by atoms with Crippen molar-refractivity contribution in [2.75, 3.05) is 0 Å². The molecule has 0 saturated carbocycles. The van der Waals surface area contributed by atoms with Crippen molar-refractivity contribution in [3.8, 4) is 0 Å². The predicted octanol–water partition coefficient (Wildman–Crippen LogP) is 2.70. The molecule has 1 aromatic heterocycles. The number of hydrogen-bond acceptors (Lipinski definition) is 3. The lowest BCUT2D eigenvalue weighted by Crippen LogP contribution is -1.96. The maximum Gasteiger partial charge on any atom is 0.347 e. The molecule has 1 N–H and O–H groups in total. The largest absolute Gasteiger partial charge is 0.477 e. The van der Waals surface area contributed by atoms with Gasteiger partial charge in [-0.05, 0) is 0 Å². The van der Waals surface area contributed by atoms with Gasteiger partial charge in [0, 0.05) is 5.92 Å². The van der Waals surface area contributed by atoms with Gasteiger partial charge in [0.05, 0.1) is 16.6 Å². The highest BCUT2D eigenvalue weighted by Gasteiger charge is 2.17. The Labute approximate surface area is 85.4 Å². The Morgan fingerprint density at radius 3 is 2.62 bits per heavy atom. The first-order valence-electron chi connectivity index (χ1n) is 3.85. The quantitative estimate of drug-likeness (QED) is 0.796. The molecule has 1 rings (SSSR count). The number of carbonyl (C=O) groups is 1. The predicted molar refractivity (Wildman–Crippen MR) is 52.7 cm³/mol. The van der Waals surface area contributed by atoms with E-state index in [-0.39, 0.29) is 16.7 Å². The Morgan fingerprint density at radius 2 is 2.31 bits per heavy atom. The fraction of sp³-hybridized carbons (Fsp3) is 0.500.